The first-order valence-electron chi connectivity index (χ1n) is 6.69. The molecule has 1 heterocycles. The van der Waals surface area contributed by atoms with Crippen LogP contribution in [0.1, 0.15) is 50.5 Å². The highest BCUT2D eigenvalue weighted by molar-refractivity contribution is 6.29. The molecule has 1 aliphatic rings. The van der Waals surface area contributed by atoms with Crippen molar-refractivity contribution < 1.29 is 9.53 Å². The Kier molecular flexibility index (Phi) is 4.14. The highest BCUT2D eigenvalue weighted by Crippen LogP contribution is 2.39. The number of rotatable bonds is 2. The Hall–Kier alpha value is -1.09. The number of hydrogen-bond donors (Lipinski definition) is 0. The summed E-state index contributed by atoms with van der Waals surface area (Å²) in [5.41, 5.74) is 0.508. The van der Waals surface area contributed by atoms with Gasteiger partial charge >= 0.3 is 5.97 Å². The van der Waals surface area contributed by atoms with Crippen molar-refractivity contribution in [3.63, 3.8) is 0 Å². The molecule has 1 saturated carbocycles. The lowest BCUT2D eigenvalue weighted by Gasteiger charge is -2.38. The fourth-order valence-electron chi connectivity index (χ4n) is 3.08. The third-order valence-corrected chi connectivity index (χ3v) is 3.76. The van der Waals surface area contributed by atoms with E-state index >= 15 is 0 Å². The van der Waals surface area contributed by atoms with E-state index in [0.29, 0.717) is 11.1 Å². The third-order valence-electron chi connectivity index (χ3n) is 3.54. The van der Waals surface area contributed by atoms with E-state index < -0.39 is 0 Å². The summed E-state index contributed by atoms with van der Waals surface area (Å²) in [5.74, 6) is 0.200. The van der Waals surface area contributed by atoms with Gasteiger partial charge in [-0.1, -0.05) is 38.4 Å². The van der Waals surface area contributed by atoms with Crippen molar-refractivity contribution >= 4 is 17.6 Å². The largest absolute Gasteiger partial charge is 0.458 e. The second-order valence-electron chi connectivity index (χ2n) is 6.29. The lowest BCUT2D eigenvalue weighted by molar-refractivity contribution is -0.00766. The summed E-state index contributed by atoms with van der Waals surface area (Å²) in [6.45, 7) is 6.65. The van der Waals surface area contributed by atoms with Gasteiger partial charge in [0, 0.05) is 0 Å². The fourth-order valence-corrected chi connectivity index (χ4v) is 3.25. The predicted molar refractivity (Wildman–Crippen MR) is 75.2 cm³/mol. The van der Waals surface area contributed by atoms with Gasteiger partial charge in [0.2, 0.25) is 0 Å². The fraction of sp³-hybridized carbons (Fsp3) is 0.600. The van der Waals surface area contributed by atoms with Crippen LogP contribution in [0.15, 0.2) is 18.2 Å². The smallest absolute Gasteiger partial charge is 0.357 e. The number of nitrogens with zero attached hydrogens (tertiary/aromatic N) is 1. The van der Waals surface area contributed by atoms with Gasteiger partial charge in [0.1, 0.15) is 17.0 Å². The van der Waals surface area contributed by atoms with Crippen molar-refractivity contribution in [2.75, 3.05) is 0 Å². The molecule has 2 rings (SSSR count). The molecule has 2 atom stereocenters. The van der Waals surface area contributed by atoms with Crippen LogP contribution >= 0.6 is 11.6 Å². The predicted octanol–water partition coefficient (Wildman–Crippen LogP) is 4.11. The lowest BCUT2D eigenvalue weighted by atomic mass is 9.71. The van der Waals surface area contributed by atoms with E-state index in [1.807, 2.05) is 0 Å². The van der Waals surface area contributed by atoms with Gasteiger partial charge in [0.15, 0.2) is 0 Å². The lowest BCUT2D eigenvalue weighted by Crippen LogP contribution is -2.34. The Bertz CT molecular complexity index is 473. The van der Waals surface area contributed by atoms with Crippen LogP contribution in [0.4, 0.5) is 0 Å². The monoisotopic (exact) mass is 281 g/mol. The Morgan fingerprint density at radius 2 is 2.16 bits per heavy atom. The zero-order chi connectivity index (χ0) is 14.0. The standard InChI is InChI=1S/C15H20ClNO2/c1-10-7-11(9-15(2,3)8-10)19-14(18)12-5-4-6-13(16)17-12/h4-6,10-11H,7-9H2,1-3H3. The molecule has 0 bridgehead atoms. The first kappa shape index (κ1) is 14.3. The molecule has 0 N–H and O–H groups in total. The second kappa shape index (κ2) is 5.49. The molecule has 3 nitrogen and oxygen atoms in total. The number of ether oxygens (including phenoxy) is 1. The van der Waals surface area contributed by atoms with E-state index in [4.69, 9.17) is 16.3 Å². The Morgan fingerprint density at radius 1 is 1.42 bits per heavy atom. The van der Waals surface area contributed by atoms with Crippen molar-refractivity contribution in [1.82, 2.24) is 4.98 Å². The Morgan fingerprint density at radius 3 is 2.79 bits per heavy atom. The van der Waals surface area contributed by atoms with Gasteiger partial charge in [-0.25, -0.2) is 9.78 Å². The maximum Gasteiger partial charge on any atom is 0.357 e. The number of pyridine rings is 1. The third kappa shape index (κ3) is 3.93. The summed E-state index contributed by atoms with van der Waals surface area (Å²) in [7, 11) is 0. The number of hydrogen-bond acceptors (Lipinski definition) is 3. The quantitative estimate of drug-likeness (QED) is 0.605. The zero-order valence-corrected chi connectivity index (χ0v) is 12.4. The van der Waals surface area contributed by atoms with Crippen LogP contribution in [-0.2, 0) is 4.74 Å². The summed E-state index contributed by atoms with van der Waals surface area (Å²) in [4.78, 5) is 16.0. The Labute approximate surface area is 119 Å². The van der Waals surface area contributed by atoms with Gasteiger partial charge in [-0.2, -0.15) is 0 Å². The molecule has 1 aliphatic carbocycles. The van der Waals surface area contributed by atoms with Crippen LogP contribution in [0.5, 0.6) is 0 Å². The molecule has 0 spiro atoms. The van der Waals surface area contributed by atoms with E-state index in [1.165, 1.54) is 6.42 Å². The number of halogens is 1. The normalized spacial score (nSPS) is 25.9. The molecule has 0 radical (unpaired) electrons. The highest BCUT2D eigenvalue weighted by Gasteiger charge is 2.34. The molecule has 1 aromatic rings. The molecular weight excluding hydrogens is 262 g/mol. The van der Waals surface area contributed by atoms with Crippen molar-refractivity contribution in [2.24, 2.45) is 11.3 Å². The van der Waals surface area contributed by atoms with Crippen molar-refractivity contribution in [3.8, 4) is 0 Å². The average molecular weight is 282 g/mol. The Balaban J connectivity index is 2.03. The molecule has 104 valence electrons. The summed E-state index contributed by atoms with van der Waals surface area (Å²) in [6, 6.07) is 4.98. The molecule has 4 heteroatoms. The molecule has 0 saturated heterocycles. The van der Waals surface area contributed by atoms with Gasteiger partial charge in [0.25, 0.3) is 0 Å². The van der Waals surface area contributed by atoms with Crippen molar-refractivity contribution in [3.05, 3.63) is 29.0 Å². The van der Waals surface area contributed by atoms with E-state index in [2.05, 4.69) is 25.8 Å². The molecular formula is C15H20ClNO2. The van der Waals surface area contributed by atoms with Crippen LogP contribution in [0.3, 0.4) is 0 Å². The molecule has 19 heavy (non-hydrogen) atoms. The van der Waals surface area contributed by atoms with E-state index in [9.17, 15) is 4.79 Å². The maximum absolute atomic E-state index is 12.0. The van der Waals surface area contributed by atoms with Gasteiger partial charge in [0.05, 0.1) is 0 Å². The van der Waals surface area contributed by atoms with Crippen molar-refractivity contribution in [1.29, 1.82) is 0 Å². The summed E-state index contributed by atoms with van der Waals surface area (Å²) < 4.78 is 5.58. The molecule has 2 unspecified atom stereocenters. The van der Waals surface area contributed by atoms with E-state index in [1.54, 1.807) is 18.2 Å². The zero-order valence-electron chi connectivity index (χ0n) is 11.6. The number of carbonyl (C=O) groups excluding carboxylic acids is 1. The molecule has 1 fully saturated rings. The number of carbonyl (C=O) groups is 1. The minimum absolute atomic E-state index is 0.0213. The summed E-state index contributed by atoms with van der Waals surface area (Å²) in [6.07, 6.45) is 2.99. The van der Waals surface area contributed by atoms with Gasteiger partial charge < -0.3 is 4.74 Å². The topological polar surface area (TPSA) is 39.2 Å². The highest BCUT2D eigenvalue weighted by atomic mass is 35.5. The van der Waals surface area contributed by atoms with Crippen LogP contribution in [0.25, 0.3) is 0 Å². The van der Waals surface area contributed by atoms with Crippen LogP contribution in [0, 0.1) is 11.3 Å². The first-order valence-corrected chi connectivity index (χ1v) is 7.07. The number of aromatic nitrogens is 1. The number of esters is 1. The summed E-state index contributed by atoms with van der Waals surface area (Å²) >= 11 is 5.78. The van der Waals surface area contributed by atoms with Gasteiger partial charge in [-0.3, -0.25) is 0 Å². The van der Waals surface area contributed by atoms with E-state index in [-0.39, 0.29) is 23.2 Å². The maximum atomic E-state index is 12.0. The van der Waals surface area contributed by atoms with Crippen LogP contribution in [-0.4, -0.2) is 17.1 Å². The molecule has 0 aromatic carbocycles. The molecule has 0 amide bonds. The van der Waals surface area contributed by atoms with Crippen LogP contribution in [0.2, 0.25) is 5.15 Å². The van der Waals surface area contributed by atoms with Crippen LogP contribution < -0.4 is 0 Å². The SMILES string of the molecule is CC1CC(OC(=O)c2cccc(Cl)n2)CC(C)(C)C1. The first-order chi connectivity index (χ1) is 8.85. The minimum Gasteiger partial charge on any atom is -0.458 e. The summed E-state index contributed by atoms with van der Waals surface area (Å²) in [5, 5.41) is 0.312. The van der Waals surface area contributed by atoms with Gasteiger partial charge in [-0.05, 0) is 42.7 Å². The average Bonchev–Trinajstić information content (AvgIpc) is 2.25. The minimum atomic E-state index is -0.377. The second-order valence-corrected chi connectivity index (χ2v) is 6.67. The molecule has 1 aromatic heterocycles. The van der Waals surface area contributed by atoms with Gasteiger partial charge in [-0.15, -0.1) is 0 Å². The molecule has 0 aliphatic heterocycles. The van der Waals surface area contributed by atoms with Crippen molar-refractivity contribution in [2.45, 2.75) is 46.1 Å². The van der Waals surface area contributed by atoms with E-state index in [0.717, 1.165) is 12.8 Å².